The Morgan fingerprint density at radius 1 is 1.42 bits per heavy atom. The Morgan fingerprint density at radius 3 is 2.83 bits per heavy atom. The molecule has 0 radical (unpaired) electrons. The van der Waals surface area contributed by atoms with Gasteiger partial charge in [-0.3, -0.25) is 9.69 Å². The molecule has 2 aliphatic rings. The fourth-order valence-electron chi connectivity index (χ4n) is 3.46. The van der Waals surface area contributed by atoms with Gasteiger partial charge in [-0.05, 0) is 17.7 Å². The van der Waals surface area contributed by atoms with E-state index in [9.17, 15) is 18.7 Å². The predicted octanol–water partition coefficient (Wildman–Crippen LogP) is 1.15. The summed E-state index contributed by atoms with van der Waals surface area (Å²) in [6.45, 7) is 0.273. The van der Waals surface area contributed by atoms with Crippen LogP contribution in [0.4, 0.5) is 8.78 Å². The van der Waals surface area contributed by atoms with Crippen LogP contribution in [0.15, 0.2) is 24.3 Å². The second kappa shape index (κ2) is 6.64. The van der Waals surface area contributed by atoms with E-state index < -0.39 is 12.0 Å². The van der Waals surface area contributed by atoms with Gasteiger partial charge in [0, 0.05) is 31.6 Å². The highest BCUT2D eigenvalue weighted by Gasteiger charge is 2.49. The number of amides is 1. The minimum absolute atomic E-state index is 0.0222. The normalized spacial score (nSPS) is 24.0. The fourth-order valence-corrected chi connectivity index (χ4v) is 3.46. The SMILES string of the molecule is COc1cccc(CC(=O)N2CC(N3CC(F)(F)C[C@H]3CO)C2)c1. The van der Waals surface area contributed by atoms with Gasteiger partial charge in [0.05, 0.1) is 26.7 Å². The van der Waals surface area contributed by atoms with Crippen LogP contribution in [0.3, 0.4) is 0 Å². The van der Waals surface area contributed by atoms with Crippen LogP contribution in [0.5, 0.6) is 5.75 Å². The predicted molar refractivity (Wildman–Crippen MR) is 84.2 cm³/mol. The maximum atomic E-state index is 13.5. The van der Waals surface area contributed by atoms with Crippen molar-refractivity contribution in [2.75, 3.05) is 33.4 Å². The summed E-state index contributed by atoms with van der Waals surface area (Å²) in [5.74, 6) is -2.07. The number of carbonyl (C=O) groups excluding carboxylic acids is 1. The second-order valence-electron chi connectivity index (χ2n) is 6.55. The molecule has 1 aromatic rings. The van der Waals surface area contributed by atoms with Gasteiger partial charge in [0.15, 0.2) is 0 Å². The Bertz CT molecular complexity index is 605. The van der Waals surface area contributed by atoms with Crippen LogP contribution in [0.2, 0.25) is 0 Å². The number of alkyl halides is 2. The highest BCUT2D eigenvalue weighted by Crippen LogP contribution is 2.35. The Kier molecular flexibility index (Phi) is 4.73. The lowest BCUT2D eigenvalue weighted by atomic mass is 10.0. The summed E-state index contributed by atoms with van der Waals surface area (Å²) in [4.78, 5) is 15.6. The van der Waals surface area contributed by atoms with Crippen molar-refractivity contribution in [3.8, 4) is 5.75 Å². The highest BCUT2D eigenvalue weighted by atomic mass is 19.3. The minimum atomic E-state index is -2.75. The van der Waals surface area contributed by atoms with Gasteiger partial charge in [-0.25, -0.2) is 8.78 Å². The zero-order chi connectivity index (χ0) is 17.3. The highest BCUT2D eigenvalue weighted by molar-refractivity contribution is 5.79. The largest absolute Gasteiger partial charge is 0.497 e. The third-order valence-corrected chi connectivity index (χ3v) is 4.80. The molecule has 2 fully saturated rings. The summed E-state index contributed by atoms with van der Waals surface area (Å²) in [5.41, 5.74) is 0.865. The first-order valence-electron chi connectivity index (χ1n) is 8.07. The number of hydrogen-bond donors (Lipinski definition) is 1. The lowest BCUT2D eigenvalue weighted by Crippen LogP contribution is -2.62. The average Bonchev–Trinajstić information content (AvgIpc) is 2.80. The minimum Gasteiger partial charge on any atom is -0.497 e. The summed E-state index contributed by atoms with van der Waals surface area (Å²) < 4.78 is 32.2. The number of hydrogen-bond acceptors (Lipinski definition) is 4. The van der Waals surface area contributed by atoms with Crippen LogP contribution in [0, 0.1) is 0 Å². The van der Waals surface area contributed by atoms with Crippen molar-refractivity contribution >= 4 is 5.91 Å². The molecular formula is C17H22F2N2O3. The van der Waals surface area contributed by atoms with E-state index in [1.165, 1.54) is 0 Å². The molecule has 132 valence electrons. The number of halogens is 2. The van der Waals surface area contributed by atoms with Crippen LogP contribution in [0.25, 0.3) is 0 Å². The smallest absolute Gasteiger partial charge is 0.262 e. The molecule has 5 nitrogen and oxygen atoms in total. The lowest BCUT2D eigenvalue weighted by molar-refractivity contribution is -0.138. The molecule has 0 spiro atoms. The first kappa shape index (κ1) is 17.1. The Balaban J connectivity index is 1.53. The van der Waals surface area contributed by atoms with Crippen molar-refractivity contribution in [1.82, 2.24) is 9.80 Å². The molecule has 24 heavy (non-hydrogen) atoms. The Morgan fingerprint density at radius 2 is 2.17 bits per heavy atom. The van der Waals surface area contributed by atoms with Crippen molar-refractivity contribution in [2.45, 2.75) is 30.8 Å². The number of aliphatic hydroxyl groups is 1. The number of carbonyl (C=O) groups is 1. The summed E-state index contributed by atoms with van der Waals surface area (Å²) >= 11 is 0. The summed E-state index contributed by atoms with van der Waals surface area (Å²) in [5, 5.41) is 9.29. The first-order valence-corrected chi connectivity index (χ1v) is 8.07. The first-order chi connectivity index (χ1) is 11.4. The van der Waals surface area contributed by atoms with Gasteiger partial charge in [0.25, 0.3) is 5.92 Å². The van der Waals surface area contributed by atoms with E-state index in [4.69, 9.17) is 4.74 Å². The van der Waals surface area contributed by atoms with E-state index in [1.54, 1.807) is 16.9 Å². The molecule has 0 aliphatic carbocycles. The maximum absolute atomic E-state index is 13.5. The zero-order valence-corrected chi connectivity index (χ0v) is 13.6. The van der Waals surface area contributed by atoms with E-state index >= 15 is 0 Å². The van der Waals surface area contributed by atoms with E-state index in [0.29, 0.717) is 18.8 Å². The summed E-state index contributed by atoms with van der Waals surface area (Å²) in [6, 6.07) is 6.72. The van der Waals surface area contributed by atoms with E-state index in [2.05, 4.69) is 0 Å². The quantitative estimate of drug-likeness (QED) is 0.874. The molecule has 0 unspecified atom stereocenters. The third-order valence-electron chi connectivity index (χ3n) is 4.80. The number of likely N-dealkylation sites (tertiary alicyclic amines) is 2. The van der Waals surface area contributed by atoms with Crippen molar-refractivity contribution in [2.24, 2.45) is 0 Å². The zero-order valence-electron chi connectivity index (χ0n) is 13.6. The number of benzene rings is 1. The molecule has 1 aromatic carbocycles. The number of aliphatic hydroxyl groups excluding tert-OH is 1. The molecule has 7 heteroatoms. The molecule has 2 aliphatic heterocycles. The fraction of sp³-hybridized carbons (Fsp3) is 0.588. The monoisotopic (exact) mass is 340 g/mol. The molecule has 0 saturated carbocycles. The van der Waals surface area contributed by atoms with Crippen LogP contribution < -0.4 is 4.74 Å². The van der Waals surface area contributed by atoms with Crippen LogP contribution >= 0.6 is 0 Å². The van der Waals surface area contributed by atoms with Crippen molar-refractivity contribution < 1.29 is 23.4 Å². The molecule has 2 saturated heterocycles. The average molecular weight is 340 g/mol. The van der Waals surface area contributed by atoms with Crippen molar-refractivity contribution in [3.05, 3.63) is 29.8 Å². The second-order valence-corrected chi connectivity index (χ2v) is 6.55. The van der Waals surface area contributed by atoms with Gasteiger partial charge in [0.1, 0.15) is 5.75 Å². The molecule has 1 N–H and O–H groups in total. The number of nitrogens with zero attached hydrogens (tertiary/aromatic N) is 2. The standard InChI is InChI=1S/C17H22F2N2O3/c1-24-15-4-2-3-12(5-15)6-16(23)20-8-14(9-20)21-11-17(18,19)7-13(21)10-22/h2-5,13-14,22H,6-11H2,1H3/t13-/m0/s1. The van der Waals surface area contributed by atoms with Gasteiger partial charge in [-0.15, -0.1) is 0 Å². The third kappa shape index (κ3) is 3.52. The van der Waals surface area contributed by atoms with Gasteiger partial charge in [0.2, 0.25) is 5.91 Å². The van der Waals surface area contributed by atoms with Crippen LogP contribution in [-0.4, -0.2) is 72.2 Å². The molecular weight excluding hydrogens is 318 g/mol. The Hall–Kier alpha value is -1.73. The van der Waals surface area contributed by atoms with Crippen LogP contribution in [-0.2, 0) is 11.2 Å². The molecule has 3 rings (SSSR count). The maximum Gasteiger partial charge on any atom is 0.262 e. The summed E-state index contributed by atoms with van der Waals surface area (Å²) in [7, 11) is 1.57. The topological polar surface area (TPSA) is 53.0 Å². The van der Waals surface area contributed by atoms with E-state index in [1.807, 2.05) is 24.3 Å². The van der Waals surface area contributed by atoms with Crippen LogP contribution in [0.1, 0.15) is 12.0 Å². The van der Waals surface area contributed by atoms with Crippen molar-refractivity contribution in [1.29, 1.82) is 0 Å². The van der Waals surface area contributed by atoms with Gasteiger partial charge in [-0.2, -0.15) is 0 Å². The molecule has 1 amide bonds. The Labute approximate surface area is 139 Å². The number of methoxy groups -OCH3 is 1. The van der Waals surface area contributed by atoms with Gasteiger partial charge in [-0.1, -0.05) is 12.1 Å². The van der Waals surface area contributed by atoms with E-state index in [0.717, 1.165) is 5.56 Å². The lowest BCUT2D eigenvalue weighted by Gasteiger charge is -2.45. The van der Waals surface area contributed by atoms with Gasteiger partial charge >= 0.3 is 0 Å². The number of rotatable bonds is 5. The van der Waals surface area contributed by atoms with Gasteiger partial charge < -0.3 is 14.7 Å². The van der Waals surface area contributed by atoms with Crippen molar-refractivity contribution in [3.63, 3.8) is 0 Å². The molecule has 0 bridgehead atoms. The molecule has 1 atom stereocenters. The summed E-state index contributed by atoms with van der Waals surface area (Å²) in [6.07, 6.45) is -0.0404. The number of ether oxygens (including phenoxy) is 1. The molecule has 2 heterocycles. The molecule has 0 aromatic heterocycles. The van der Waals surface area contributed by atoms with E-state index in [-0.39, 0.29) is 37.9 Å².